The van der Waals surface area contributed by atoms with Gasteiger partial charge in [0.15, 0.2) is 0 Å². The predicted molar refractivity (Wildman–Crippen MR) is 200 cm³/mol. The molecule has 3 aromatic carbocycles. The number of thiophene rings is 1. The molecule has 5 aliphatic rings. The first-order valence-electron chi connectivity index (χ1n) is 19.0. The lowest BCUT2D eigenvalue weighted by Gasteiger charge is -2.50. The van der Waals surface area contributed by atoms with Gasteiger partial charge >= 0.3 is 5.79 Å². The molecule has 0 radical (unpaired) electrons. The monoisotopic (exact) mass is 651 g/mol. The minimum atomic E-state index is -0.347. The summed E-state index contributed by atoms with van der Waals surface area (Å²) in [6.07, 6.45) is 13.3. The number of hydrogen-bond acceptors (Lipinski definition) is 2. The lowest BCUT2D eigenvalue weighted by atomic mass is 9.79. The van der Waals surface area contributed by atoms with Gasteiger partial charge in [0.1, 0.15) is 17.6 Å². The van der Waals surface area contributed by atoms with Crippen LogP contribution in [0.25, 0.3) is 42.7 Å². The first-order valence-corrected chi connectivity index (χ1v) is 19.8. The molecule has 4 heterocycles. The smallest absolute Gasteiger partial charge is 0.155 e. The molecule has 1 atom stereocenters. The van der Waals surface area contributed by atoms with Crippen LogP contribution in [0.3, 0.4) is 0 Å². The van der Waals surface area contributed by atoms with Crippen LogP contribution in [0, 0.1) is 12.8 Å². The quantitative estimate of drug-likeness (QED) is 0.177. The molecule has 0 saturated heterocycles. The SMILES string of the molecule is Cc1cc2[n+](c3ccccc13)C1(c3ccc4c(c3-2)-c2sc3ccccc3c2C4(C)C)N(C2CCCCC2)C(C(C)C)=[N+]1C1CCCCC1. The Kier molecular flexibility index (Phi) is 6.29. The lowest BCUT2D eigenvalue weighted by Crippen LogP contribution is -2.84. The van der Waals surface area contributed by atoms with E-state index in [-0.39, 0.29) is 11.2 Å². The highest BCUT2D eigenvalue weighted by Gasteiger charge is 2.78. The highest BCUT2D eigenvalue weighted by molar-refractivity contribution is 7.22. The first kappa shape index (κ1) is 29.4. The summed E-state index contributed by atoms with van der Waals surface area (Å²) in [5, 5.41) is 2.83. The van der Waals surface area contributed by atoms with E-state index in [0.29, 0.717) is 18.0 Å². The number of benzene rings is 3. The summed E-state index contributed by atoms with van der Waals surface area (Å²) in [5.74, 6) is 1.74. The average Bonchev–Trinajstić information content (AvgIpc) is 3.70. The fraction of sp³-hybridized carbons (Fsp3) is 0.455. The zero-order valence-corrected chi connectivity index (χ0v) is 30.2. The second kappa shape index (κ2) is 10.3. The molecule has 3 aliphatic carbocycles. The van der Waals surface area contributed by atoms with Gasteiger partial charge in [-0.25, -0.2) is 0 Å². The van der Waals surface area contributed by atoms with E-state index in [1.165, 1.54) is 129 Å². The van der Waals surface area contributed by atoms with Crippen LogP contribution in [0.4, 0.5) is 0 Å². The van der Waals surface area contributed by atoms with Gasteiger partial charge in [-0.15, -0.1) is 15.9 Å². The van der Waals surface area contributed by atoms with Crippen molar-refractivity contribution in [2.75, 3.05) is 0 Å². The second-order valence-corrected chi connectivity index (χ2v) is 17.4. The molecule has 0 amide bonds. The third kappa shape index (κ3) is 3.55. The van der Waals surface area contributed by atoms with Crippen molar-refractivity contribution in [3.05, 3.63) is 89.0 Å². The average molecular weight is 652 g/mol. The molecule has 1 spiro atoms. The van der Waals surface area contributed by atoms with Crippen molar-refractivity contribution in [2.24, 2.45) is 5.92 Å². The van der Waals surface area contributed by atoms with E-state index in [9.17, 15) is 0 Å². The maximum Gasteiger partial charge on any atom is 0.479 e. The number of pyridine rings is 1. The van der Waals surface area contributed by atoms with E-state index in [2.05, 4.69) is 115 Å². The number of aromatic nitrogens is 1. The number of amidine groups is 1. The first-order chi connectivity index (χ1) is 23.3. The van der Waals surface area contributed by atoms with E-state index < -0.39 is 0 Å². The molecule has 2 saturated carbocycles. The van der Waals surface area contributed by atoms with Crippen molar-refractivity contribution in [3.8, 4) is 21.7 Å². The minimum Gasteiger partial charge on any atom is -0.155 e. The van der Waals surface area contributed by atoms with Crippen LogP contribution in [0.2, 0.25) is 0 Å². The number of hydrogen-bond donors (Lipinski definition) is 0. The Labute approximate surface area is 289 Å². The Balaban J connectivity index is 1.38. The van der Waals surface area contributed by atoms with Crippen LogP contribution in [-0.4, -0.2) is 27.4 Å². The third-order valence-corrected chi connectivity index (χ3v) is 14.2. The van der Waals surface area contributed by atoms with E-state index >= 15 is 0 Å². The normalized spacial score (nSPS) is 23.2. The van der Waals surface area contributed by atoms with Gasteiger partial charge in [0, 0.05) is 38.1 Å². The van der Waals surface area contributed by atoms with E-state index in [0.717, 1.165) is 0 Å². The van der Waals surface area contributed by atoms with Crippen LogP contribution in [0.15, 0.2) is 66.7 Å². The number of para-hydroxylation sites is 1. The molecule has 2 aromatic heterocycles. The zero-order valence-electron chi connectivity index (χ0n) is 29.4. The van der Waals surface area contributed by atoms with Crippen LogP contribution in [0.1, 0.15) is 114 Å². The van der Waals surface area contributed by atoms with Gasteiger partial charge in [-0.2, -0.15) is 9.48 Å². The summed E-state index contributed by atoms with van der Waals surface area (Å²) < 4.78 is 7.30. The second-order valence-electron chi connectivity index (χ2n) is 16.4. The Morgan fingerprint density at radius 3 is 2.19 bits per heavy atom. The van der Waals surface area contributed by atoms with Gasteiger partial charge in [-0.05, 0) is 98.6 Å². The number of rotatable bonds is 3. The molecule has 0 N–H and O–H groups in total. The Morgan fingerprint density at radius 1 is 0.771 bits per heavy atom. The molecule has 4 heteroatoms. The number of aryl methyl sites for hydroxylation is 1. The number of nitrogens with zero attached hydrogens (tertiary/aromatic N) is 3. The minimum absolute atomic E-state index is 0.0489. The van der Waals surface area contributed by atoms with Crippen LogP contribution in [0.5, 0.6) is 0 Å². The van der Waals surface area contributed by atoms with Crippen molar-refractivity contribution < 1.29 is 9.14 Å². The zero-order chi connectivity index (χ0) is 32.5. The van der Waals surface area contributed by atoms with Gasteiger partial charge in [0.25, 0.3) is 5.84 Å². The van der Waals surface area contributed by atoms with Crippen LogP contribution in [-0.2, 0) is 11.2 Å². The van der Waals surface area contributed by atoms with E-state index in [4.69, 9.17) is 0 Å². The summed E-state index contributed by atoms with van der Waals surface area (Å²) in [6, 6.07) is 27.3. The van der Waals surface area contributed by atoms with Gasteiger partial charge in [-0.1, -0.05) is 76.9 Å². The fourth-order valence-electron chi connectivity index (χ4n) is 11.1. The molecule has 5 aromatic rings. The molecule has 2 fully saturated rings. The third-order valence-electron chi connectivity index (χ3n) is 13.0. The summed E-state index contributed by atoms with van der Waals surface area (Å²) >= 11 is 2.03. The van der Waals surface area contributed by atoms with Gasteiger partial charge in [0.05, 0.1) is 11.5 Å². The maximum absolute atomic E-state index is 3.01. The fourth-order valence-corrected chi connectivity index (χ4v) is 12.5. The summed E-state index contributed by atoms with van der Waals surface area (Å²) in [7, 11) is 0. The molecule has 10 rings (SSSR count). The Bertz CT molecular complexity index is 2190. The summed E-state index contributed by atoms with van der Waals surface area (Å²) in [6.45, 7) is 12.2. The van der Waals surface area contributed by atoms with E-state index in [1.54, 1.807) is 5.84 Å². The van der Waals surface area contributed by atoms with Crippen LogP contribution < -0.4 is 4.57 Å². The molecule has 48 heavy (non-hydrogen) atoms. The van der Waals surface area contributed by atoms with Gasteiger partial charge < -0.3 is 0 Å². The summed E-state index contributed by atoms with van der Waals surface area (Å²) in [5.41, 5.74) is 11.7. The van der Waals surface area contributed by atoms with Crippen LogP contribution >= 0.6 is 11.3 Å². The molecule has 0 bridgehead atoms. The largest absolute Gasteiger partial charge is 0.479 e. The topological polar surface area (TPSA) is 10.1 Å². The van der Waals surface area contributed by atoms with Crippen molar-refractivity contribution in [1.82, 2.24) is 4.90 Å². The van der Waals surface area contributed by atoms with Gasteiger partial charge in [0.2, 0.25) is 11.2 Å². The van der Waals surface area contributed by atoms with Crippen molar-refractivity contribution in [1.29, 1.82) is 0 Å². The molecule has 3 nitrogen and oxygen atoms in total. The molecular formula is C44H49N3S+2. The standard InChI is InChI=1S/C44H49N3S/c1-27(2)42-45(29-16-8-6-9-17-29)44(46(42)30-18-10-7-11-19-30)34-25-24-33-39(41-40(43(33,4)5)32-21-13-15-23-37(32)48-41)38(34)36-26-28(3)31-20-12-14-22-35(31)47(36)44/h12-15,20-27,29-30H,6-11,16-19H2,1-5H3/q+2. The summed E-state index contributed by atoms with van der Waals surface area (Å²) in [4.78, 5) is 4.52. The maximum atomic E-state index is 3.01. The van der Waals surface area contributed by atoms with Crippen molar-refractivity contribution >= 4 is 38.2 Å². The highest BCUT2D eigenvalue weighted by Crippen LogP contribution is 2.62. The Hall–Kier alpha value is -3.50. The molecular weight excluding hydrogens is 603 g/mol. The molecule has 244 valence electrons. The highest BCUT2D eigenvalue weighted by atomic mass is 32.1. The predicted octanol–water partition coefficient (Wildman–Crippen LogP) is 10.6. The molecule has 2 aliphatic heterocycles. The van der Waals surface area contributed by atoms with Crippen molar-refractivity contribution in [3.63, 3.8) is 0 Å². The van der Waals surface area contributed by atoms with Gasteiger partial charge in [-0.3, -0.25) is 0 Å². The molecule has 1 unspecified atom stereocenters. The lowest BCUT2D eigenvalue weighted by molar-refractivity contribution is -0.957. The van der Waals surface area contributed by atoms with E-state index in [1.807, 2.05) is 11.3 Å². The number of fused-ring (bicyclic) bond motifs is 13. The Morgan fingerprint density at radius 2 is 1.44 bits per heavy atom. The van der Waals surface area contributed by atoms with Crippen molar-refractivity contribution in [2.45, 2.75) is 122 Å².